The van der Waals surface area contributed by atoms with Crippen molar-refractivity contribution in [2.45, 2.75) is 0 Å². The van der Waals surface area contributed by atoms with Gasteiger partial charge in [-0.25, -0.2) is 10.2 Å². The number of urea groups is 1. The predicted molar refractivity (Wildman–Crippen MR) is 73.6 cm³/mol. The van der Waals surface area contributed by atoms with Gasteiger partial charge in [0, 0.05) is 24.0 Å². The second kappa shape index (κ2) is 6.14. The molecule has 2 amide bonds. The van der Waals surface area contributed by atoms with Crippen molar-refractivity contribution in [1.82, 2.24) is 10.4 Å². The number of nitrogens with one attached hydrogen (secondary N) is 3. The largest absolute Gasteiger partial charge is 0.360 e. The number of aromatic nitrogens is 1. The van der Waals surface area contributed by atoms with Gasteiger partial charge in [0.1, 0.15) is 0 Å². The maximum Gasteiger partial charge on any atom is 0.339 e. The Morgan fingerprint density at radius 2 is 2.05 bits per heavy atom. The SMILES string of the molecule is O=C(N/N=C/c1ccc[nH]1)Nc1ccc([N+](=O)[O-])cc1. The van der Waals surface area contributed by atoms with Crippen molar-refractivity contribution in [3.8, 4) is 0 Å². The number of nitro benzene ring substituents is 1. The highest BCUT2D eigenvalue weighted by molar-refractivity contribution is 5.90. The minimum atomic E-state index is -0.540. The zero-order chi connectivity index (χ0) is 14.4. The third-order valence-electron chi connectivity index (χ3n) is 2.33. The fourth-order valence-electron chi connectivity index (χ4n) is 1.41. The lowest BCUT2D eigenvalue weighted by atomic mass is 10.3. The molecule has 20 heavy (non-hydrogen) atoms. The van der Waals surface area contributed by atoms with E-state index in [1.165, 1.54) is 30.5 Å². The molecule has 0 fully saturated rings. The zero-order valence-electron chi connectivity index (χ0n) is 10.2. The molecule has 2 aromatic rings. The highest BCUT2D eigenvalue weighted by atomic mass is 16.6. The van der Waals surface area contributed by atoms with Gasteiger partial charge in [-0.2, -0.15) is 5.10 Å². The number of rotatable bonds is 4. The van der Waals surface area contributed by atoms with Gasteiger partial charge in [-0.15, -0.1) is 0 Å². The quantitative estimate of drug-likeness (QED) is 0.450. The number of non-ortho nitro benzene ring substituents is 1. The fraction of sp³-hybridized carbons (Fsp3) is 0. The number of nitrogens with zero attached hydrogens (tertiary/aromatic N) is 2. The van der Waals surface area contributed by atoms with Crippen LogP contribution in [0.2, 0.25) is 0 Å². The lowest BCUT2D eigenvalue weighted by Crippen LogP contribution is -2.24. The van der Waals surface area contributed by atoms with Crippen LogP contribution in [0.1, 0.15) is 5.69 Å². The van der Waals surface area contributed by atoms with Crippen molar-refractivity contribution < 1.29 is 9.72 Å². The molecule has 1 aromatic carbocycles. The predicted octanol–water partition coefficient (Wildman–Crippen LogP) is 2.08. The Morgan fingerprint density at radius 1 is 1.30 bits per heavy atom. The molecule has 0 aliphatic carbocycles. The molecule has 3 N–H and O–H groups in total. The molecule has 0 saturated heterocycles. The second-order valence-electron chi connectivity index (χ2n) is 3.75. The van der Waals surface area contributed by atoms with Gasteiger partial charge in [0.05, 0.1) is 16.8 Å². The van der Waals surface area contributed by atoms with Crippen LogP contribution in [0.4, 0.5) is 16.2 Å². The summed E-state index contributed by atoms with van der Waals surface area (Å²) in [7, 11) is 0. The molecule has 2 rings (SSSR count). The van der Waals surface area contributed by atoms with Crippen LogP contribution in [0, 0.1) is 10.1 Å². The first-order valence-corrected chi connectivity index (χ1v) is 5.63. The van der Waals surface area contributed by atoms with Gasteiger partial charge in [0.15, 0.2) is 0 Å². The number of benzene rings is 1. The topological polar surface area (TPSA) is 112 Å². The lowest BCUT2D eigenvalue weighted by molar-refractivity contribution is -0.384. The molecule has 0 spiro atoms. The number of nitro groups is 1. The van der Waals surface area contributed by atoms with Crippen molar-refractivity contribution in [3.05, 3.63) is 58.4 Å². The van der Waals surface area contributed by atoms with E-state index in [2.05, 4.69) is 20.8 Å². The van der Waals surface area contributed by atoms with Crippen molar-refractivity contribution in [1.29, 1.82) is 0 Å². The van der Waals surface area contributed by atoms with Crippen LogP contribution in [0.15, 0.2) is 47.7 Å². The van der Waals surface area contributed by atoms with Gasteiger partial charge in [-0.1, -0.05) is 0 Å². The summed E-state index contributed by atoms with van der Waals surface area (Å²) < 4.78 is 0. The van der Waals surface area contributed by atoms with Crippen molar-refractivity contribution >= 4 is 23.6 Å². The van der Waals surface area contributed by atoms with E-state index in [-0.39, 0.29) is 5.69 Å². The minimum absolute atomic E-state index is 0.0410. The standard InChI is InChI=1S/C12H11N5O3/c18-12(16-14-8-10-2-1-7-13-10)15-9-3-5-11(6-4-9)17(19)20/h1-8,13H,(H2,15,16,18)/b14-8+. The van der Waals surface area contributed by atoms with Crippen LogP contribution in [0.5, 0.6) is 0 Å². The van der Waals surface area contributed by atoms with Gasteiger partial charge in [-0.05, 0) is 24.3 Å². The maximum absolute atomic E-state index is 11.5. The van der Waals surface area contributed by atoms with Crippen molar-refractivity contribution in [3.63, 3.8) is 0 Å². The Hall–Kier alpha value is -3.16. The summed E-state index contributed by atoms with van der Waals surface area (Å²) in [6.07, 6.45) is 3.19. The summed E-state index contributed by atoms with van der Waals surface area (Å²) in [6.45, 7) is 0. The molecular weight excluding hydrogens is 262 g/mol. The van der Waals surface area contributed by atoms with E-state index in [1.807, 2.05) is 0 Å². The van der Waals surface area contributed by atoms with Crippen LogP contribution >= 0.6 is 0 Å². The fourth-order valence-corrected chi connectivity index (χ4v) is 1.41. The first kappa shape index (κ1) is 13.3. The molecule has 1 heterocycles. The number of hydrogen-bond acceptors (Lipinski definition) is 4. The Kier molecular flexibility index (Phi) is 4.07. The summed E-state index contributed by atoms with van der Waals surface area (Å²) in [4.78, 5) is 24.3. The first-order valence-electron chi connectivity index (χ1n) is 5.63. The molecule has 0 unspecified atom stereocenters. The number of anilines is 1. The molecule has 102 valence electrons. The van der Waals surface area contributed by atoms with Crippen LogP contribution in [0.25, 0.3) is 0 Å². The number of carbonyl (C=O) groups is 1. The molecule has 8 heteroatoms. The summed E-state index contributed by atoms with van der Waals surface area (Å²) in [5.41, 5.74) is 3.42. The van der Waals surface area contributed by atoms with E-state index in [0.29, 0.717) is 5.69 Å². The number of hydrogen-bond donors (Lipinski definition) is 3. The van der Waals surface area contributed by atoms with Gasteiger partial charge in [0.25, 0.3) is 5.69 Å². The number of hydrazone groups is 1. The van der Waals surface area contributed by atoms with E-state index in [1.54, 1.807) is 18.3 Å². The van der Waals surface area contributed by atoms with Crippen LogP contribution in [-0.2, 0) is 0 Å². The summed E-state index contributed by atoms with van der Waals surface area (Å²) in [5.74, 6) is 0. The number of amides is 2. The lowest BCUT2D eigenvalue weighted by Gasteiger charge is -2.03. The van der Waals surface area contributed by atoms with E-state index in [4.69, 9.17) is 0 Å². The molecule has 1 aromatic heterocycles. The smallest absolute Gasteiger partial charge is 0.339 e. The monoisotopic (exact) mass is 273 g/mol. The normalized spacial score (nSPS) is 10.4. The molecule has 0 atom stereocenters. The first-order chi connectivity index (χ1) is 9.65. The highest BCUT2D eigenvalue weighted by Crippen LogP contribution is 2.14. The summed E-state index contributed by atoms with van der Waals surface area (Å²) in [5, 5.41) is 16.7. The molecule has 0 aliphatic heterocycles. The van der Waals surface area contributed by atoms with Gasteiger partial charge in [-0.3, -0.25) is 10.1 Å². The Labute approximate surface area is 113 Å². The van der Waals surface area contributed by atoms with E-state index < -0.39 is 11.0 Å². The molecule has 0 bridgehead atoms. The minimum Gasteiger partial charge on any atom is -0.360 e. The zero-order valence-corrected chi connectivity index (χ0v) is 10.2. The number of aromatic amines is 1. The number of H-pyrrole nitrogens is 1. The highest BCUT2D eigenvalue weighted by Gasteiger charge is 2.05. The van der Waals surface area contributed by atoms with E-state index in [9.17, 15) is 14.9 Å². The summed E-state index contributed by atoms with van der Waals surface area (Å²) >= 11 is 0. The van der Waals surface area contributed by atoms with E-state index >= 15 is 0 Å². The van der Waals surface area contributed by atoms with Crippen LogP contribution in [0.3, 0.4) is 0 Å². The second-order valence-corrected chi connectivity index (χ2v) is 3.75. The third kappa shape index (κ3) is 3.67. The van der Waals surface area contributed by atoms with Crippen LogP contribution < -0.4 is 10.7 Å². The molecule has 8 nitrogen and oxygen atoms in total. The number of carbonyl (C=O) groups excluding carboxylic acids is 1. The third-order valence-corrected chi connectivity index (χ3v) is 2.33. The molecule has 0 aliphatic rings. The molecule has 0 saturated carbocycles. The Balaban J connectivity index is 1.86. The average molecular weight is 273 g/mol. The molecule has 0 radical (unpaired) electrons. The van der Waals surface area contributed by atoms with Crippen molar-refractivity contribution in [2.24, 2.45) is 5.10 Å². The Morgan fingerprint density at radius 3 is 2.65 bits per heavy atom. The molecular formula is C12H11N5O3. The Bertz CT molecular complexity index is 619. The van der Waals surface area contributed by atoms with E-state index in [0.717, 1.165) is 5.69 Å². The van der Waals surface area contributed by atoms with Gasteiger partial charge < -0.3 is 10.3 Å². The van der Waals surface area contributed by atoms with Gasteiger partial charge in [0.2, 0.25) is 0 Å². The van der Waals surface area contributed by atoms with Crippen LogP contribution in [-0.4, -0.2) is 22.2 Å². The maximum atomic E-state index is 11.5. The van der Waals surface area contributed by atoms with Crippen molar-refractivity contribution in [2.75, 3.05) is 5.32 Å². The van der Waals surface area contributed by atoms with Gasteiger partial charge >= 0.3 is 6.03 Å². The summed E-state index contributed by atoms with van der Waals surface area (Å²) in [6, 6.07) is 8.54. The average Bonchev–Trinajstić information content (AvgIpc) is 2.92.